The molecule has 3 rings (SSSR count). The van der Waals surface area contributed by atoms with Gasteiger partial charge in [0, 0.05) is 31.2 Å². The highest BCUT2D eigenvalue weighted by molar-refractivity contribution is 5.20. The minimum Gasteiger partial charge on any atom is -0.312 e. The Morgan fingerprint density at radius 2 is 1.95 bits per heavy atom. The molecule has 1 aliphatic heterocycles. The standard InChI is InChI=1S/C17H26N2/c1-13-10-14(2)19(12-13)17(11-18-16-8-9-16)15-6-4-3-5-7-15/h3-7,13-14,16-18H,8-12H2,1-2H3. The number of nitrogens with one attached hydrogen (secondary N) is 1. The second kappa shape index (κ2) is 5.64. The number of benzene rings is 1. The lowest BCUT2D eigenvalue weighted by atomic mass is 10.0. The quantitative estimate of drug-likeness (QED) is 0.872. The van der Waals surface area contributed by atoms with E-state index in [1.165, 1.54) is 31.4 Å². The van der Waals surface area contributed by atoms with Crippen LogP contribution in [0.4, 0.5) is 0 Å². The minimum absolute atomic E-state index is 0.543. The van der Waals surface area contributed by atoms with E-state index in [1.54, 1.807) is 0 Å². The van der Waals surface area contributed by atoms with Gasteiger partial charge >= 0.3 is 0 Å². The molecule has 1 aromatic rings. The van der Waals surface area contributed by atoms with Crippen LogP contribution < -0.4 is 5.32 Å². The highest BCUT2D eigenvalue weighted by Crippen LogP contribution is 2.32. The Bertz CT molecular complexity index is 399. The Morgan fingerprint density at radius 1 is 1.21 bits per heavy atom. The number of nitrogens with zero attached hydrogens (tertiary/aromatic N) is 1. The maximum Gasteiger partial charge on any atom is 0.0475 e. The van der Waals surface area contributed by atoms with Gasteiger partial charge in [-0.2, -0.15) is 0 Å². The SMILES string of the molecule is CC1CC(C)N(C(CNC2CC2)c2ccccc2)C1. The lowest BCUT2D eigenvalue weighted by Crippen LogP contribution is -2.38. The van der Waals surface area contributed by atoms with Gasteiger partial charge in [0.05, 0.1) is 0 Å². The van der Waals surface area contributed by atoms with Crippen molar-refractivity contribution in [2.45, 2.75) is 51.2 Å². The highest BCUT2D eigenvalue weighted by Gasteiger charge is 2.33. The fourth-order valence-corrected chi connectivity index (χ4v) is 3.43. The van der Waals surface area contributed by atoms with Crippen LogP contribution in [0.3, 0.4) is 0 Å². The third kappa shape index (κ3) is 3.18. The Kier molecular flexibility index (Phi) is 3.90. The van der Waals surface area contributed by atoms with Crippen LogP contribution >= 0.6 is 0 Å². The van der Waals surface area contributed by atoms with Crippen LogP contribution in [0.25, 0.3) is 0 Å². The maximum absolute atomic E-state index is 3.73. The zero-order valence-electron chi connectivity index (χ0n) is 12.2. The van der Waals surface area contributed by atoms with Gasteiger partial charge in [0.1, 0.15) is 0 Å². The highest BCUT2D eigenvalue weighted by atomic mass is 15.2. The van der Waals surface area contributed by atoms with Crippen LogP contribution in [0.2, 0.25) is 0 Å². The molecule has 1 N–H and O–H groups in total. The van der Waals surface area contributed by atoms with Crippen molar-refractivity contribution in [2.24, 2.45) is 5.92 Å². The molecule has 2 aliphatic rings. The van der Waals surface area contributed by atoms with Crippen molar-refractivity contribution in [1.29, 1.82) is 0 Å². The van der Waals surface area contributed by atoms with Crippen molar-refractivity contribution < 1.29 is 0 Å². The summed E-state index contributed by atoms with van der Waals surface area (Å²) >= 11 is 0. The maximum atomic E-state index is 3.73. The van der Waals surface area contributed by atoms with Crippen molar-refractivity contribution in [2.75, 3.05) is 13.1 Å². The van der Waals surface area contributed by atoms with E-state index in [2.05, 4.69) is 54.4 Å². The van der Waals surface area contributed by atoms with Gasteiger partial charge in [0.2, 0.25) is 0 Å². The van der Waals surface area contributed by atoms with E-state index in [9.17, 15) is 0 Å². The lowest BCUT2D eigenvalue weighted by Gasteiger charge is -2.32. The molecule has 1 aromatic carbocycles. The van der Waals surface area contributed by atoms with E-state index >= 15 is 0 Å². The summed E-state index contributed by atoms with van der Waals surface area (Å²) in [5.41, 5.74) is 1.47. The summed E-state index contributed by atoms with van der Waals surface area (Å²) in [4.78, 5) is 2.70. The molecule has 1 heterocycles. The van der Waals surface area contributed by atoms with Crippen LogP contribution in [-0.2, 0) is 0 Å². The average molecular weight is 258 g/mol. The first kappa shape index (κ1) is 13.1. The van der Waals surface area contributed by atoms with E-state index in [0.29, 0.717) is 12.1 Å². The van der Waals surface area contributed by atoms with Gasteiger partial charge < -0.3 is 5.32 Å². The molecule has 1 aliphatic carbocycles. The number of likely N-dealkylation sites (tertiary alicyclic amines) is 1. The van der Waals surface area contributed by atoms with Crippen LogP contribution in [0, 0.1) is 5.92 Å². The molecule has 2 fully saturated rings. The van der Waals surface area contributed by atoms with Gasteiger partial charge in [-0.1, -0.05) is 37.3 Å². The summed E-state index contributed by atoms with van der Waals surface area (Å²) in [6, 6.07) is 13.1. The molecule has 1 saturated heterocycles. The van der Waals surface area contributed by atoms with Crippen LogP contribution in [0.5, 0.6) is 0 Å². The smallest absolute Gasteiger partial charge is 0.0475 e. The van der Waals surface area contributed by atoms with Gasteiger partial charge in [-0.05, 0) is 37.7 Å². The molecule has 104 valence electrons. The summed E-state index contributed by atoms with van der Waals surface area (Å²) in [5.74, 6) is 0.835. The minimum atomic E-state index is 0.543. The summed E-state index contributed by atoms with van der Waals surface area (Å²) in [6.45, 7) is 7.11. The molecule has 2 heteroatoms. The molecule has 0 aromatic heterocycles. The Hall–Kier alpha value is -0.860. The number of hydrogen-bond acceptors (Lipinski definition) is 2. The molecular formula is C17H26N2. The first-order chi connectivity index (χ1) is 9.24. The Balaban J connectivity index is 1.75. The Morgan fingerprint density at radius 3 is 2.53 bits per heavy atom. The second-order valence-electron chi connectivity index (χ2n) is 6.50. The molecule has 0 amide bonds. The molecule has 3 atom stereocenters. The van der Waals surface area contributed by atoms with E-state index in [4.69, 9.17) is 0 Å². The Labute approximate surface area is 117 Å². The van der Waals surface area contributed by atoms with E-state index in [-0.39, 0.29) is 0 Å². The topological polar surface area (TPSA) is 15.3 Å². The van der Waals surface area contributed by atoms with Gasteiger partial charge in [-0.3, -0.25) is 4.90 Å². The van der Waals surface area contributed by atoms with Gasteiger partial charge in [0.25, 0.3) is 0 Å². The van der Waals surface area contributed by atoms with Crippen molar-refractivity contribution in [3.8, 4) is 0 Å². The zero-order chi connectivity index (χ0) is 13.2. The summed E-state index contributed by atoms with van der Waals surface area (Å²) in [6.07, 6.45) is 4.08. The number of hydrogen-bond donors (Lipinski definition) is 1. The van der Waals surface area contributed by atoms with E-state index < -0.39 is 0 Å². The van der Waals surface area contributed by atoms with Crippen LogP contribution in [0.1, 0.15) is 44.7 Å². The predicted molar refractivity (Wildman–Crippen MR) is 80.2 cm³/mol. The fourth-order valence-electron chi connectivity index (χ4n) is 3.43. The summed E-state index contributed by atoms with van der Waals surface area (Å²) in [7, 11) is 0. The van der Waals surface area contributed by atoms with Crippen LogP contribution in [-0.4, -0.2) is 30.1 Å². The van der Waals surface area contributed by atoms with E-state index in [0.717, 1.165) is 18.5 Å². The van der Waals surface area contributed by atoms with Gasteiger partial charge in [0.15, 0.2) is 0 Å². The molecule has 1 saturated carbocycles. The zero-order valence-corrected chi connectivity index (χ0v) is 12.2. The first-order valence-electron chi connectivity index (χ1n) is 7.78. The first-order valence-corrected chi connectivity index (χ1v) is 7.78. The molecule has 0 bridgehead atoms. The average Bonchev–Trinajstić information content (AvgIpc) is 3.17. The molecule has 0 radical (unpaired) electrons. The summed E-state index contributed by atoms with van der Waals surface area (Å²) in [5, 5.41) is 3.73. The molecule has 2 nitrogen and oxygen atoms in total. The molecule has 19 heavy (non-hydrogen) atoms. The largest absolute Gasteiger partial charge is 0.312 e. The summed E-state index contributed by atoms with van der Waals surface area (Å²) < 4.78 is 0. The fraction of sp³-hybridized carbons (Fsp3) is 0.647. The molecular weight excluding hydrogens is 232 g/mol. The third-order valence-corrected chi connectivity index (χ3v) is 4.59. The third-order valence-electron chi connectivity index (χ3n) is 4.59. The monoisotopic (exact) mass is 258 g/mol. The van der Waals surface area contributed by atoms with Crippen molar-refractivity contribution in [3.05, 3.63) is 35.9 Å². The normalized spacial score (nSPS) is 29.6. The second-order valence-corrected chi connectivity index (χ2v) is 6.50. The lowest BCUT2D eigenvalue weighted by molar-refractivity contribution is 0.183. The van der Waals surface area contributed by atoms with Gasteiger partial charge in [-0.15, -0.1) is 0 Å². The predicted octanol–water partition coefficient (Wildman–Crippen LogP) is 3.21. The molecule has 3 unspecified atom stereocenters. The van der Waals surface area contributed by atoms with E-state index in [1.807, 2.05) is 0 Å². The molecule has 0 spiro atoms. The van der Waals surface area contributed by atoms with Crippen LogP contribution in [0.15, 0.2) is 30.3 Å². The van der Waals surface area contributed by atoms with Crippen molar-refractivity contribution in [3.63, 3.8) is 0 Å². The van der Waals surface area contributed by atoms with Gasteiger partial charge in [-0.25, -0.2) is 0 Å². The van der Waals surface area contributed by atoms with Crippen molar-refractivity contribution in [1.82, 2.24) is 10.2 Å². The number of rotatable bonds is 5. The van der Waals surface area contributed by atoms with Crippen molar-refractivity contribution >= 4 is 0 Å².